The number of rotatable bonds is 3. The first kappa shape index (κ1) is 18.7. The average Bonchev–Trinajstić information content (AvgIpc) is 3.42. The SMILES string of the molecule is I.NC(=NC1CC1C1CCCCC1)N1CCN(c2ncccn2)CC1. The van der Waals surface area contributed by atoms with E-state index in [1.165, 1.54) is 38.5 Å². The molecule has 0 amide bonds. The molecule has 0 spiro atoms. The lowest BCUT2D eigenvalue weighted by Gasteiger charge is -2.35. The molecule has 138 valence electrons. The Morgan fingerprint density at radius 3 is 2.40 bits per heavy atom. The first-order valence-electron chi connectivity index (χ1n) is 9.41. The Hall–Kier alpha value is -1.12. The fourth-order valence-corrected chi connectivity index (χ4v) is 4.26. The highest BCUT2D eigenvalue weighted by Crippen LogP contribution is 2.46. The minimum absolute atomic E-state index is 0. The first-order chi connectivity index (χ1) is 11.8. The molecule has 7 heteroatoms. The van der Waals surface area contributed by atoms with Gasteiger partial charge in [-0.05, 0) is 24.3 Å². The van der Waals surface area contributed by atoms with Crippen molar-refractivity contribution in [2.24, 2.45) is 22.6 Å². The summed E-state index contributed by atoms with van der Waals surface area (Å²) in [4.78, 5) is 17.9. The molecule has 4 rings (SSSR count). The highest BCUT2D eigenvalue weighted by molar-refractivity contribution is 14.0. The molecule has 1 aromatic heterocycles. The predicted molar refractivity (Wildman–Crippen MR) is 111 cm³/mol. The van der Waals surface area contributed by atoms with Crippen LogP contribution in [0.4, 0.5) is 5.95 Å². The zero-order valence-corrected chi connectivity index (χ0v) is 17.1. The van der Waals surface area contributed by atoms with E-state index < -0.39 is 0 Å². The third-order valence-electron chi connectivity index (χ3n) is 5.80. The topological polar surface area (TPSA) is 70.6 Å². The first-order valence-corrected chi connectivity index (χ1v) is 9.41. The third-order valence-corrected chi connectivity index (χ3v) is 5.80. The van der Waals surface area contributed by atoms with Crippen molar-refractivity contribution in [3.63, 3.8) is 0 Å². The second kappa shape index (κ2) is 8.51. The summed E-state index contributed by atoms with van der Waals surface area (Å²) in [6, 6.07) is 2.34. The molecule has 3 aliphatic rings. The molecule has 2 N–H and O–H groups in total. The van der Waals surface area contributed by atoms with Crippen molar-refractivity contribution in [3.05, 3.63) is 18.5 Å². The molecule has 1 aliphatic heterocycles. The van der Waals surface area contributed by atoms with Crippen LogP contribution in [0.5, 0.6) is 0 Å². The van der Waals surface area contributed by atoms with Gasteiger partial charge in [0.05, 0.1) is 6.04 Å². The van der Waals surface area contributed by atoms with Crippen molar-refractivity contribution in [2.45, 2.75) is 44.6 Å². The number of aliphatic imine (C=N–C) groups is 1. The quantitative estimate of drug-likeness (QED) is 0.430. The summed E-state index contributed by atoms with van der Waals surface area (Å²) < 4.78 is 0. The maximum absolute atomic E-state index is 6.29. The summed E-state index contributed by atoms with van der Waals surface area (Å²) >= 11 is 0. The Labute approximate surface area is 167 Å². The van der Waals surface area contributed by atoms with Crippen LogP contribution in [0.3, 0.4) is 0 Å². The van der Waals surface area contributed by atoms with Gasteiger partial charge in [-0.1, -0.05) is 32.1 Å². The molecule has 2 aliphatic carbocycles. The van der Waals surface area contributed by atoms with Crippen molar-refractivity contribution in [2.75, 3.05) is 31.1 Å². The largest absolute Gasteiger partial charge is 0.370 e. The highest BCUT2D eigenvalue weighted by atomic mass is 127. The van der Waals surface area contributed by atoms with Crippen LogP contribution in [0.2, 0.25) is 0 Å². The van der Waals surface area contributed by atoms with Crippen LogP contribution in [0, 0.1) is 11.8 Å². The molecular weight excluding hydrogens is 427 g/mol. The Balaban J connectivity index is 0.00000182. The monoisotopic (exact) mass is 456 g/mol. The molecule has 2 unspecified atom stereocenters. The molecule has 1 aromatic rings. The van der Waals surface area contributed by atoms with Crippen molar-refractivity contribution in [1.82, 2.24) is 14.9 Å². The van der Waals surface area contributed by atoms with Crippen molar-refractivity contribution < 1.29 is 0 Å². The van der Waals surface area contributed by atoms with Gasteiger partial charge in [-0.15, -0.1) is 24.0 Å². The van der Waals surface area contributed by atoms with Gasteiger partial charge in [0.1, 0.15) is 0 Å². The summed E-state index contributed by atoms with van der Waals surface area (Å²) in [5, 5.41) is 0. The standard InChI is InChI=1S/C18H28N6.HI/c19-17(22-16-13-15(16)14-5-2-1-3-6-14)23-9-11-24(12-10-23)18-20-7-4-8-21-18;/h4,7-8,14-16H,1-3,5-6,9-13H2,(H2,19,22);1H. The summed E-state index contributed by atoms with van der Waals surface area (Å²) in [7, 11) is 0. The van der Waals surface area contributed by atoms with Crippen LogP contribution < -0.4 is 10.6 Å². The molecule has 3 fully saturated rings. The normalized spacial score (nSPS) is 27.8. The Bertz CT molecular complexity index is 566. The van der Waals surface area contributed by atoms with Crippen molar-refractivity contribution in [3.8, 4) is 0 Å². The smallest absolute Gasteiger partial charge is 0.225 e. The van der Waals surface area contributed by atoms with Gasteiger partial charge < -0.3 is 15.5 Å². The van der Waals surface area contributed by atoms with Gasteiger partial charge in [-0.3, -0.25) is 0 Å². The highest BCUT2D eigenvalue weighted by Gasteiger charge is 2.43. The van der Waals surface area contributed by atoms with Crippen LogP contribution in [-0.2, 0) is 0 Å². The summed E-state index contributed by atoms with van der Waals surface area (Å²) in [5.74, 6) is 3.27. The van der Waals surface area contributed by atoms with Crippen LogP contribution in [0.1, 0.15) is 38.5 Å². The van der Waals surface area contributed by atoms with E-state index in [-0.39, 0.29) is 24.0 Å². The molecule has 2 atom stereocenters. The lowest BCUT2D eigenvalue weighted by molar-refractivity contribution is 0.317. The number of hydrogen-bond donors (Lipinski definition) is 1. The van der Waals surface area contributed by atoms with Gasteiger partial charge in [0.25, 0.3) is 0 Å². The Morgan fingerprint density at radius 1 is 1.04 bits per heavy atom. The summed E-state index contributed by atoms with van der Waals surface area (Å²) in [6.45, 7) is 3.59. The number of piperazine rings is 1. The zero-order chi connectivity index (χ0) is 16.4. The lowest BCUT2D eigenvalue weighted by Crippen LogP contribution is -2.51. The molecular formula is C18H29IN6. The third kappa shape index (κ3) is 4.54. The second-order valence-corrected chi connectivity index (χ2v) is 7.38. The molecule has 1 saturated heterocycles. The Kier molecular flexibility index (Phi) is 6.35. The number of anilines is 1. The number of hydrogen-bond acceptors (Lipinski definition) is 4. The number of nitrogens with zero attached hydrogens (tertiary/aromatic N) is 5. The van der Waals surface area contributed by atoms with E-state index in [2.05, 4.69) is 19.8 Å². The second-order valence-electron chi connectivity index (χ2n) is 7.38. The van der Waals surface area contributed by atoms with E-state index in [0.717, 1.165) is 49.9 Å². The van der Waals surface area contributed by atoms with Crippen molar-refractivity contribution in [1.29, 1.82) is 0 Å². The molecule has 2 heterocycles. The van der Waals surface area contributed by atoms with Gasteiger partial charge in [0.2, 0.25) is 5.95 Å². The molecule has 0 radical (unpaired) electrons. The minimum atomic E-state index is 0. The van der Waals surface area contributed by atoms with E-state index >= 15 is 0 Å². The van der Waals surface area contributed by atoms with Crippen LogP contribution >= 0.6 is 24.0 Å². The van der Waals surface area contributed by atoms with Gasteiger partial charge in [-0.2, -0.15) is 0 Å². The molecule has 0 bridgehead atoms. The number of guanidine groups is 1. The van der Waals surface area contributed by atoms with E-state index in [1.807, 2.05) is 6.07 Å². The average molecular weight is 456 g/mol. The lowest BCUT2D eigenvalue weighted by atomic mass is 9.85. The van der Waals surface area contributed by atoms with E-state index in [9.17, 15) is 0 Å². The van der Waals surface area contributed by atoms with Gasteiger partial charge >= 0.3 is 0 Å². The van der Waals surface area contributed by atoms with Gasteiger partial charge in [0.15, 0.2) is 5.96 Å². The minimum Gasteiger partial charge on any atom is -0.370 e. The fraction of sp³-hybridized carbons (Fsp3) is 0.722. The number of aromatic nitrogens is 2. The van der Waals surface area contributed by atoms with Crippen LogP contribution in [0.25, 0.3) is 0 Å². The fourth-order valence-electron chi connectivity index (χ4n) is 4.26. The van der Waals surface area contributed by atoms with Crippen LogP contribution in [0.15, 0.2) is 23.5 Å². The van der Waals surface area contributed by atoms with Gasteiger partial charge in [-0.25, -0.2) is 15.0 Å². The predicted octanol–water partition coefficient (Wildman–Crippen LogP) is 2.50. The van der Waals surface area contributed by atoms with E-state index in [4.69, 9.17) is 10.7 Å². The summed E-state index contributed by atoms with van der Waals surface area (Å²) in [6.07, 6.45) is 11.9. The van der Waals surface area contributed by atoms with Crippen molar-refractivity contribution >= 4 is 35.9 Å². The molecule has 2 saturated carbocycles. The maximum Gasteiger partial charge on any atom is 0.225 e. The van der Waals surface area contributed by atoms with E-state index in [0.29, 0.717) is 6.04 Å². The Morgan fingerprint density at radius 2 is 1.72 bits per heavy atom. The van der Waals surface area contributed by atoms with Crippen LogP contribution in [-0.4, -0.2) is 53.0 Å². The summed E-state index contributed by atoms with van der Waals surface area (Å²) in [5.41, 5.74) is 6.29. The molecule has 0 aromatic carbocycles. The molecule has 6 nitrogen and oxygen atoms in total. The van der Waals surface area contributed by atoms with E-state index in [1.54, 1.807) is 12.4 Å². The van der Waals surface area contributed by atoms with Gasteiger partial charge in [0, 0.05) is 38.6 Å². The maximum atomic E-state index is 6.29. The number of halogens is 1. The molecule has 25 heavy (non-hydrogen) atoms. The number of nitrogens with two attached hydrogens (primary N) is 1. The zero-order valence-electron chi connectivity index (χ0n) is 14.8.